The lowest BCUT2D eigenvalue weighted by molar-refractivity contribution is 0.245. The van der Waals surface area contributed by atoms with Crippen molar-refractivity contribution < 1.29 is 13.2 Å². The molecular formula is C15H22ClNO3S. The number of sulfonamides is 1. The highest BCUT2D eigenvalue weighted by atomic mass is 35.5. The van der Waals surface area contributed by atoms with Gasteiger partial charge in [0, 0.05) is 17.6 Å². The highest BCUT2D eigenvalue weighted by molar-refractivity contribution is 7.89. The molecule has 1 aliphatic heterocycles. The molecule has 0 aliphatic carbocycles. The van der Waals surface area contributed by atoms with Gasteiger partial charge in [-0.1, -0.05) is 24.9 Å². The Morgan fingerprint density at radius 3 is 2.76 bits per heavy atom. The minimum Gasteiger partial charge on any atom is -0.492 e. The first-order chi connectivity index (χ1) is 10.0. The molecule has 1 aromatic carbocycles. The van der Waals surface area contributed by atoms with Gasteiger partial charge in [-0.25, -0.2) is 8.42 Å². The molecule has 1 heterocycles. The highest BCUT2D eigenvalue weighted by Crippen LogP contribution is 2.33. The van der Waals surface area contributed by atoms with Crippen LogP contribution in [0, 0.1) is 0 Å². The fourth-order valence-corrected chi connectivity index (χ4v) is 4.95. The molecule has 118 valence electrons. The van der Waals surface area contributed by atoms with E-state index < -0.39 is 10.0 Å². The van der Waals surface area contributed by atoms with Crippen LogP contribution in [0.5, 0.6) is 5.75 Å². The molecule has 1 saturated heterocycles. The number of piperidine rings is 1. The molecule has 0 aromatic heterocycles. The minimum absolute atomic E-state index is 0.0669. The number of rotatable bonds is 5. The van der Waals surface area contributed by atoms with E-state index in [1.807, 2.05) is 13.8 Å². The maximum Gasteiger partial charge on any atom is 0.247 e. The Labute approximate surface area is 132 Å². The fraction of sp³-hybridized carbons (Fsp3) is 0.600. The van der Waals surface area contributed by atoms with Crippen molar-refractivity contribution >= 4 is 21.6 Å². The number of halogens is 1. The second-order valence-electron chi connectivity index (χ2n) is 5.20. The number of hydrogen-bond donors (Lipinski definition) is 0. The molecule has 1 aliphatic rings. The Hall–Kier alpha value is -0.780. The summed E-state index contributed by atoms with van der Waals surface area (Å²) in [6.07, 6.45) is 3.72. The molecule has 4 nitrogen and oxygen atoms in total. The van der Waals surface area contributed by atoms with Crippen LogP contribution in [0.25, 0.3) is 0 Å². The summed E-state index contributed by atoms with van der Waals surface area (Å²) in [5.74, 6) is 0.377. The van der Waals surface area contributed by atoms with Gasteiger partial charge in [0.05, 0.1) is 6.61 Å². The summed E-state index contributed by atoms with van der Waals surface area (Å²) in [5, 5.41) is 0.405. The fourth-order valence-electron chi connectivity index (χ4n) is 2.78. The lowest BCUT2D eigenvalue weighted by atomic mass is 10.0. The highest BCUT2D eigenvalue weighted by Gasteiger charge is 2.34. The van der Waals surface area contributed by atoms with E-state index >= 15 is 0 Å². The summed E-state index contributed by atoms with van der Waals surface area (Å²) in [7, 11) is -3.57. The molecule has 0 N–H and O–H groups in total. The number of nitrogens with zero attached hydrogens (tertiary/aromatic N) is 1. The maximum absolute atomic E-state index is 13.0. The summed E-state index contributed by atoms with van der Waals surface area (Å²) in [4.78, 5) is 0.178. The lowest BCUT2D eigenvalue weighted by Crippen LogP contribution is -2.43. The van der Waals surface area contributed by atoms with Crippen LogP contribution in [-0.2, 0) is 10.0 Å². The first-order valence-electron chi connectivity index (χ1n) is 7.44. The molecule has 0 radical (unpaired) electrons. The number of ether oxygens (including phenoxy) is 1. The first-order valence-corrected chi connectivity index (χ1v) is 9.26. The Balaban J connectivity index is 2.45. The van der Waals surface area contributed by atoms with Crippen LogP contribution < -0.4 is 4.74 Å². The SMILES string of the molecule is CCOc1ccc(Cl)cc1S(=O)(=O)N1CCCC[C@H]1CC. The van der Waals surface area contributed by atoms with Gasteiger partial charge in [0.2, 0.25) is 10.0 Å². The van der Waals surface area contributed by atoms with Gasteiger partial charge in [-0.2, -0.15) is 4.31 Å². The molecule has 0 bridgehead atoms. The van der Waals surface area contributed by atoms with Gasteiger partial charge in [-0.15, -0.1) is 0 Å². The summed E-state index contributed by atoms with van der Waals surface area (Å²) in [5.41, 5.74) is 0. The van der Waals surface area contributed by atoms with Crippen LogP contribution >= 0.6 is 11.6 Å². The Bertz CT molecular complexity index is 589. The third-order valence-corrected chi connectivity index (χ3v) is 6.04. The van der Waals surface area contributed by atoms with Crippen molar-refractivity contribution in [2.45, 2.75) is 50.5 Å². The van der Waals surface area contributed by atoms with Gasteiger partial charge >= 0.3 is 0 Å². The van der Waals surface area contributed by atoms with E-state index in [0.717, 1.165) is 25.7 Å². The zero-order chi connectivity index (χ0) is 15.5. The topological polar surface area (TPSA) is 46.6 Å². The third kappa shape index (κ3) is 3.52. The van der Waals surface area contributed by atoms with Gasteiger partial charge in [0.1, 0.15) is 10.6 Å². The van der Waals surface area contributed by atoms with E-state index in [1.165, 1.54) is 6.07 Å². The van der Waals surface area contributed by atoms with Crippen molar-refractivity contribution in [2.24, 2.45) is 0 Å². The molecular weight excluding hydrogens is 310 g/mol. The molecule has 0 spiro atoms. The van der Waals surface area contributed by atoms with Crippen LogP contribution in [-0.4, -0.2) is 31.9 Å². The Kier molecular flexibility index (Phi) is 5.52. The summed E-state index contributed by atoms with van der Waals surface area (Å²) < 4.78 is 33.1. The van der Waals surface area contributed by atoms with Crippen molar-refractivity contribution in [3.05, 3.63) is 23.2 Å². The quantitative estimate of drug-likeness (QED) is 0.826. The van der Waals surface area contributed by atoms with Crippen molar-refractivity contribution in [1.29, 1.82) is 0 Å². The predicted molar refractivity (Wildman–Crippen MR) is 84.4 cm³/mol. The average Bonchev–Trinajstić information content (AvgIpc) is 2.49. The Morgan fingerprint density at radius 2 is 2.10 bits per heavy atom. The van der Waals surface area contributed by atoms with Crippen LogP contribution in [0.3, 0.4) is 0 Å². The first kappa shape index (κ1) is 16.6. The molecule has 0 amide bonds. The van der Waals surface area contributed by atoms with Crippen LogP contribution in [0.4, 0.5) is 0 Å². The zero-order valence-electron chi connectivity index (χ0n) is 12.5. The summed E-state index contributed by atoms with van der Waals surface area (Å²) in [6.45, 7) is 4.85. The van der Waals surface area contributed by atoms with Crippen molar-refractivity contribution in [2.75, 3.05) is 13.2 Å². The molecule has 1 fully saturated rings. The van der Waals surface area contributed by atoms with Crippen LogP contribution in [0.15, 0.2) is 23.1 Å². The van der Waals surface area contributed by atoms with Crippen molar-refractivity contribution in [3.8, 4) is 5.75 Å². The Morgan fingerprint density at radius 1 is 1.33 bits per heavy atom. The van der Waals surface area contributed by atoms with Crippen molar-refractivity contribution in [3.63, 3.8) is 0 Å². The van der Waals surface area contributed by atoms with Crippen molar-refractivity contribution in [1.82, 2.24) is 4.31 Å². The summed E-state index contributed by atoms with van der Waals surface area (Å²) in [6, 6.07) is 4.84. The van der Waals surface area contributed by atoms with E-state index in [4.69, 9.17) is 16.3 Å². The molecule has 21 heavy (non-hydrogen) atoms. The van der Waals surface area contributed by atoms with E-state index in [1.54, 1.807) is 16.4 Å². The number of benzene rings is 1. The molecule has 6 heteroatoms. The number of hydrogen-bond acceptors (Lipinski definition) is 3. The smallest absolute Gasteiger partial charge is 0.247 e. The zero-order valence-corrected chi connectivity index (χ0v) is 14.1. The molecule has 1 aromatic rings. The standard InChI is InChI=1S/C15H22ClNO3S/c1-3-13-7-5-6-10-17(13)21(18,19)15-11-12(16)8-9-14(15)20-4-2/h8-9,11,13H,3-7,10H2,1-2H3/t13-/m1/s1. The van der Waals surface area contributed by atoms with Gasteiger partial charge < -0.3 is 4.74 Å². The second kappa shape index (κ2) is 6.99. The van der Waals surface area contributed by atoms with E-state index in [0.29, 0.717) is 23.9 Å². The van der Waals surface area contributed by atoms with Gasteiger partial charge in [-0.3, -0.25) is 0 Å². The van der Waals surface area contributed by atoms with Gasteiger partial charge in [0.25, 0.3) is 0 Å². The third-order valence-electron chi connectivity index (χ3n) is 3.84. The van der Waals surface area contributed by atoms with E-state index in [2.05, 4.69) is 0 Å². The largest absolute Gasteiger partial charge is 0.492 e. The molecule has 0 saturated carbocycles. The summed E-state index contributed by atoms with van der Waals surface area (Å²) >= 11 is 5.99. The van der Waals surface area contributed by atoms with E-state index in [9.17, 15) is 8.42 Å². The monoisotopic (exact) mass is 331 g/mol. The van der Waals surface area contributed by atoms with Crippen LogP contribution in [0.1, 0.15) is 39.5 Å². The predicted octanol–water partition coefficient (Wildman–Crippen LogP) is 3.69. The van der Waals surface area contributed by atoms with Crippen LogP contribution in [0.2, 0.25) is 5.02 Å². The molecule has 1 atom stereocenters. The average molecular weight is 332 g/mol. The normalized spacial score (nSPS) is 20.4. The maximum atomic E-state index is 13.0. The molecule has 0 unspecified atom stereocenters. The minimum atomic E-state index is -3.57. The van der Waals surface area contributed by atoms with E-state index in [-0.39, 0.29) is 10.9 Å². The van der Waals surface area contributed by atoms with Gasteiger partial charge in [-0.05, 0) is 44.4 Å². The van der Waals surface area contributed by atoms with Gasteiger partial charge in [0.15, 0.2) is 0 Å². The lowest BCUT2D eigenvalue weighted by Gasteiger charge is -2.34. The second-order valence-corrected chi connectivity index (χ2v) is 7.49. The molecule has 2 rings (SSSR count).